The molecule has 0 aromatic rings. The molecule has 0 unspecified atom stereocenters. The molecule has 60 heavy (non-hydrogen) atoms. The molecule has 1 heterocycles. The van der Waals surface area contributed by atoms with Gasteiger partial charge in [0.2, 0.25) is 0 Å². The molecular weight excluding hydrogens is 776 g/mol. The second kappa shape index (κ2) is 16.6. The van der Waals surface area contributed by atoms with Crippen molar-refractivity contribution >= 4 is 35.8 Å². The van der Waals surface area contributed by atoms with Crippen LogP contribution in [0.5, 0.6) is 0 Å². The van der Waals surface area contributed by atoms with E-state index in [9.17, 15) is 33.9 Å². The number of carbonyl (C=O) groups is 6. The van der Waals surface area contributed by atoms with Crippen LogP contribution in [-0.2, 0) is 61.9 Å². The third-order valence-corrected chi connectivity index (χ3v) is 17.0. The minimum Gasteiger partial charge on any atom is -0.481 e. The van der Waals surface area contributed by atoms with Gasteiger partial charge in [-0.2, -0.15) is 0 Å². The van der Waals surface area contributed by atoms with Gasteiger partial charge in [0, 0.05) is 40.0 Å². The predicted octanol–water partition coefficient (Wildman–Crippen LogP) is 6.74. The minimum atomic E-state index is -1.39. The highest BCUT2D eigenvalue weighted by molar-refractivity contribution is 5.77. The molecule has 0 bridgehead atoms. The van der Waals surface area contributed by atoms with E-state index in [1.54, 1.807) is 0 Å². The molecule has 1 N–H and O–H groups in total. The number of esters is 5. The quantitative estimate of drug-likeness (QED) is 0.105. The summed E-state index contributed by atoms with van der Waals surface area (Å²) in [5.41, 5.74) is -0.770. The van der Waals surface area contributed by atoms with Gasteiger partial charge in [0.15, 0.2) is 24.6 Å². The third kappa shape index (κ3) is 7.68. The van der Waals surface area contributed by atoms with Gasteiger partial charge in [-0.15, -0.1) is 0 Å². The van der Waals surface area contributed by atoms with E-state index in [0.29, 0.717) is 25.2 Å². The topological polar surface area (TPSA) is 187 Å². The first-order chi connectivity index (χ1) is 27.9. The number of carboxylic acids is 1. The second-order valence-corrected chi connectivity index (χ2v) is 20.1. The summed E-state index contributed by atoms with van der Waals surface area (Å²) in [6.45, 7) is 19.6. The van der Waals surface area contributed by atoms with Crippen molar-refractivity contribution in [2.45, 2.75) is 171 Å². The first-order valence-corrected chi connectivity index (χ1v) is 22.0. The first-order valence-electron chi connectivity index (χ1n) is 22.0. The van der Waals surface area contributed by atoms with E-state index in [4.69, 9.17) is 33.2 Å². The Hall–Kier alpha value is -3.52. The Bertz CT molecular complexity index is 1760. The maximum absolute atomic E-state index is 13.2. The van der Waals surface area contributed by atoms with Crippen molar-refractivity contribution in [3.05, 3.63) is 11.6 Å². The fraction of sp³-hybridized carbons (Fsp3) is 0.826. The van der Waals surface area contributed by atoms with Crippen LogP contribution < -0.4 is 0 Å². The van der Waals surface area contributed by atoms with E-state index in [-0.39, 0.29) is 53.1 Å². The first kappa shape index (κ1) is 46.0. The van der Waals surface area contributed by atoms with E-state index < -0.39 is 83.5 Å². The van der Waals surface area contributed by atoms with Crippen molar-refractivity contribution in [3.8, 4) is 0 Å². The summed E-state index contributed by atoms with van der Waals surface area (Å²) in [4.78, 5) is 75.3. The van der Waals surface area contributed by atoms with Crippen LogP contribution in [0.15, 0.2) is 11.6 Å². The van der Waals surface area contributed by atoms with Crippen molar-refractivity contribution in [2.24, 2.45) is 56.7 Å². The predicted molar refractivity (Wildman–Crippen MR) is 214 cm³/mol. The molecule has 336 valence electrons. The molecule has 1 saturated heterocycles. The average molecular weight is 845 g/mol. The van der Waals surface area contributed by atoms with E-state index in [0.717, 1.165) is 38.5 Å². The highest BCUT2D eigenvalue weighted by Gasteiger charge is 2.70. The van der Waals surface area contributed by atoms with Crippen LogP contribution in [0.4, 0.5) is 0 Å². The molecule has 4 saturated carbocycles. The Kier molecular flexibility index (Phi) is 12.8. The molecule has 0 aromatic carbocycles. The summed E-state index contributed by atoms with van der Waals surface area (Å²) >= 11 is 0. The molecule has 6 aliphatic rings. The number of aliphatic carboxylic acids is 1. The van der Waals surface area contributed by atoms with Crippen LogP contribution in [-0.4, -0.2) is 90.9 Å². The van der Waals surface area contributed by atoms with Gasteiger partial charge in [0.25, 0.3) is 0 Å². The van der Waals surface area contributed by atoms with Crippen LogP contribution >= 0.6 is 0 Å². The largest absolute Gasteiger partial charge is 0.481 e. The molecule has 14 heteroatoms. The highest BCUT2D eigenvalue weighted by Crippen LogP contribution is 2.76. The lowest BCUT2D eigenvalue weighted by Crippen LogP contribution is -2.67. The Morgan fingerprint density at radius 3 is 1.93 bits per heavy atom. The Morgan fingerprint density at radius 1 is 0.717 bits per heavy atom. The lowest BCUT2D eigenvalue weighted by molar-refractivity contribution is -0.336. The molecule has 6 rings (SSSR count). The number of carbonyl (C=O) groups excluding carboxylic acids is 5. The zero-order chi connectivity index (χ0) is 44.3. The third-order valence-electron chi connectivity index (χ3n) is 17.0. The van der Waals surface area contributed by atoms with Gasteiger partial charge >= 0.3 is 35.8 Å². The summed E-state index contributed by atoms with van der Waals surface area (Å²) in [6.07, 6.45) is 2.04. The average Bonchev–Trinajstić information content (AvgIpc) is 3.14. The zero-order valence-electron chi connectivity index (χ0n) is 37.5. The summed E-state index contributed by atoms with van der Waals surface area (Å²) in [7, 11) is 0. The molecule has 16 atom stereocenters. The molecule has 0 aromatic heterocycles. The van der Waals surface area contributed by atoms with Crippen molar-refractivity contribution < 1.29 is 67.0 Å². The van der Waals surface area contributed by atoms with Crippen LogP contribution in [0, 0.1) is 56.7 Å². The molecule has 14 nitrogen and oxygen atoms in total. The molecular formula is C46H68O14. The van der Waals surface area contributed by atoms with Gasteiger partial charge in [-0.3, -0.25) is 28.8 Å². The second-order valence-electron chi connectivity index (χ2n) is 20.1. The fourth-order valence-corrected chi connectivity index (χ4v) is 13.8. The molecule has 0 spiro atoms. The Balaban J connectivity index is 1.38. The van der Waals surface area contributed by atoms with E-state index in [2.05, 4.69) is 47.6 Å². The van der Waals surface area contributed by atoms with Crippen LogP contribution in [0.3, 0.4) is 0 Å². The van der Waals surface area contributed by atoms with Gasteiger partial charge in [0.05, 0.1) is 18.1 Å². The smallest absolute Gasteiger partial charge is 0.310 e. The number of ether oxygens (including phenoxy) is 7. The summed E-state index contributed by atoms with van der Waals surface area (Å²) < 4.78 is 41.6. The minimum absolute atomic E-state index is 0.0132. The maximum atomic E-state index is 13.2. The van der Waals surface area contributed by atoms with Crippen LogP contribution in [0.25, 0.3) is 0 Å². The van der Waals surface area contributed by atoms with Crippen molar-refractivity contribution in [3.63, 3.8) is 0 Å². The SMILES string of the molecule is CC(=O)OC[C@H]1O[C@@H](O[C@H]2CC[C@@]3(C)[C@@H](CC[C@]4(C)[C@@H]3CC=C3[C@@H]5[C@@H](C)[C@H](C)CC[C@]5(C(=O)O)CC[C@]34C)[C@]2(C)COC(C)=O)[C@H](OC(C)=O)[C@@H](OC(C)=O)[C@@H]1OC(C)=O. The maximum Gasteiger partial charge on any atom is 0.310 e. The fourth-order valence-electron chi connectivity index (χ4n) is 13.8. The van der Waals surface area contributed by atoms with E-state index in [1.807, 2.05) is 0 Å². The number of fused-ring (bicyclic) bond motifs is 7. The number of allylic oxidation sites excluding steroid dienone is 2. The highest BCUT2D eigenvalue weighted by atomic mass is 16.7. The van der Waals surface area contributed by atoms with Crippen LogP contribution in [0.2, 0.25) is 0 Å². The van der Waals surface area contributed by atoms with Crippen molar-refractivity contribution in [2.75, 3.05) is 13.2 Å². The number of rotatable bonds is 10. The van der Waals surface area contributed by atoms with Crippen molar-refractivity contribution in [1.29, 1.82) is 0 Å². The van der Waals surface area contributed by atoms with E-state index in [1.165, 1.54) is 40.2 Å². The van der Waals surface area contributed by atoms with Gasteiger partial charge in [-0.25, -0.2) is 0 Å². The Morgan fingerprint density at radius 2 is 1.33 bits per heavy atom. The Labute approximate surface area is 354 Å². The van der Waals surface area contributed by atoms with E-state index >= 15 is 0 Å². The van der Waals surface area contributed by atoms with Gasteiger partial charge in [-0.05, 0) is 104 Å². The lowest BCUT2D eigenvalue weighted by Gasteiger charge is -2.71. The van der Waals surface area contributed by atoms with Gasteiger partial charge in [0.1, 0.15) is 12.7 Å². The number of carboxylic acid groups (broad SMARTS) is 1. The number of hydrogen-bond donors (Lipinski definition) is 1. The normalized spacial score (nSPS) is 44.5. The standard InChI is InChI=1S/C46H68O14/c1-24-14-19-46(41(52)53)21-20-44(10)31(36(46)25(24)2)12-13-34-42(8)17-16-35(43(9,23-55-27(4)48)33(42)15-18-45(34,44)11)60-40-39(58-30(7)51)38(57-29(6)50)37(56-28(5)49)32(59-40)22-54-26(3)47/h12,24-25,32-40H,13-23H2,1-11H3,(H,52,53)/t24-,25+,32-,33-,34-,35+,36+,37-,38+,39-,40+,42+,43+,44-,45-,46+/m1/s1. The van der Waals surface area contributed by atoms with Gasteiger partial charge < -0.3 is 38.3 Å². The summed E-state index contributed by atoms with van der Waals surface area (Å²) in [5, 5.41) is 10.8. The summed E-state index contributed by atoms with van der Waals surface area (Å²) in [5.74, 6) is -3.01. The lowest BCUT2D eigenvalue weighted by atomic mass is 9.33. The van der Waals surface area contributed by atoms with Gasteiger partial charge in [-0.1, -0.05) is 53.2 Å². The monoisotopic (exact) mass is 844 g/mol. The van der Waals surface area contributed by atoms with Crippen LogP contribution in [0.1, 0.15) is 134 Å². The molecule has 0 amide bonds. The summed E-state index contributed by atoms with van der Waals surface area (Å²) in [6, 6.07) is 0. The molecule has 1 aliphatic heterocycles. The molecule has 0 radical (unpaired) electrons. The molecule has 5 aliphatic carbocycles. The zero-order valence-corrected chi connectivity index (χ0v) is 37.5. The molecule has 5 fully saturated rings. The van der Waals surface area contributed by atoms with Crippen molar-refractivity contribution in [1.82, 2.24) is 0 Å². The number of hydrogen-bond acceptors (Lipinski definition) is 13.